The van der Waals surface area contributed by atoms with Gasteiger partial charge in [-0.15, -0.1) is 0 Å². The van der Waals surface area contributed by atoms with Gasteiger partial charge in [0.1, 0.15) is 11.5 Å². The number of nitrogens with zero attached hydrogens (tertiary/aromatic N) is 2. The summed E-state index contributed by atoms with van der Waals surface area (Å²) in [7, 11) is 0. The Morgan fingerprint density at radius 2 is 2.24 bits per heavy atom. The minimum absolute atomic E-state index is 0.393. The van der Waals surface area contributed by atoms with Gasteiger partial charge in [-0.1, -0.05) is 12.1 Å². The van der Waals surface area contributed by atoms with Crippen molar-refractivity contribution in [3.63, 3.8) is 0 Å². The van der Waals surface area contributed by atoms with Gasteiger partial charge in [-0.3, -0.25) is 4.98 Å². The Bertz CT molecular complexity index is 544. The summed E-state index contributed by atoms with van der Waals surface area (Å²) in [5, 5.41) is 8.67. The maximum Gasteiger partial charge on any atom is 0.145 e. The van der Waals surface area contributed by atoms with E-state index < -0.39 is 0 Å². The van der Waals surface area contributed by atoms with Crippen LogP contribution in [0.2, 0.25) is 0 Å². The topological polar surface area (TPSA) is 45.9 Å². The molecule has 84 valence electrons. The van der Waals surface area contributed by atoms with Gasteiger partial charge >= 0.3 is 0 Å². The highest BCUT2D eigenvalue weighted by Crippen LogP contribution is 2.25. The van der Waals surface area contributed by atoms with E-state index in [0.29, 0.717) is 12.2 Å². The molecule has 0 aliphatic heterocycles. The normalized spacial score (nSPS) is 9.65. The fraction of sp³-hybridized carbons (Fsp3) is 0.143. The molecule has 0 saturated carbocycles. The molecular weight excluding hydrogens is 212 g/mol. The second-order valence-electron chi connectivity index (χ2n) is 3.73. The van der Waals surface area contributed by atoms with Crippen LogP contribution in [0.5, 0.6) is 11.5 Å². The van der Waals surface area contributed by atoms with Gasteiger partial charge in [-0.05, 0) is 36.2 Å². The van der Waals surface area contributed by atoms with E-state index in [4.69, 9.17) is 10.00 Å². The third-order valence-corrected chi connectivity index (χ3v) is 2.40. The van der Waals surface area contributed by atoms with Crippen molar-refractivity contribution in [2.24, 2.45) is 0 Å². The molecule has 1 heterocycles. The molecule has 1 aromatic heterocycles. The van der Waals surface area contributed by atoms with Crippen LogP contribution in [-0.4, -0.2) is 4.98 Å². The summed E-state index contributed by atoms with van der Waals surface area (Å²) in [5.41, 5.74) is 1.99. The zero-order valence-corrected chi connectivity index (χ0v) is 9.55. The summed E-state index contributed by atoms with van der Waals surface area (Å²) in [6.45, 7) is 1.97. The van der Waals surface area contributed by atoms with Gasteiger partial charge in [0.05, 0.1) is 18.7 Å². The van der Waals surface area contributed by atoms with Gasteiger partial charge in [-0.25, -0.2) is 0 Å². The van der Waals surface area contributed by atoms with Gasteiger partial charge in [0.15, 0.2) is 0 Å². The van der Waals surface area contributed by atoms with Crippen molar-refractivity contribution in [1.82, 2.24) is 4.98 Å². The lowest BCUT2D eigenvalue weighted by molar-refractivity contribution is 0.476. The zero-order chi connectivity index (χ0) is 12.1. The quantitative estimate of drug-likeness (QED) is 0.803. The Hall–Kier alpha value is -2.34. The molecule has 2 aromatic rings. The standard InChI is InChI=1S/C14H12N2O/c1-11-4-5-12(6-7-15)9-14(11)17-13-3-2-8-16-10-13/h2-5,8-10H,6H2,1H3. The van der Waals surface area contributed by atoms with E-state index >= 15 is 0 Å². The largest absolute Gasteiger partial charge is 0.455 e. The molecule has 0 spiro atoms. The average Bonchev–Trinajstić information content (AvgIpc) is 2.35. The third kappa shape index (κ3) is 2.82. The fourth-order valence-corrected chi connectivity index (χ4v) is 1.49. The van der Waals surface area contributed by atoms with Crippen molar-refractivity contribution in [3.8, 4) is 17.6 Å². The van der Waals surface area contributed by atoms with Crippen molar-refractivity contribution in [3.05, 3.63) is 53.9 Å². The summed E-state index contributed by atoms with van der Waals surface area (Å²) in [6, 6.07) is 11.6. The Kier molecular flexibility index (Phi) is 3.37. The van der Waals surface area contributed by atoms with Gasteiger partial charge in [0.25, 0.3) is 0 Å². The number of hydrogen-bond donors (Lipinski definition) is 0. The second-order valence-corrected chi connectivity index (χ2v) is 3.73. The van der Waals surface area contributed by atoms with Crippen LogP contribution >= 0.6 is 0 Å². The molecule has 17 heavy (non-hydrogen) atoms. The van der Waals surface area contributed by atoms with Gasteiger partial charge < -0.3 is 4.74 Å². The van der Waals surface area contributed by atoms with E-state index in [2.05, 4.69) is 11.1 Å². The average molecular weight is 224 g/mol. The summed E-state index contributed by atoms with van der Waals surface area (Å²) in [4.78, 5) is 3.99. The van der Waals surface area contributed by atoms with Crippen LogP contribution < -0.4 is 4.74 Å². The molecule has 3 nitrogen and oxygen atoms in total. The molecule has 0 aliphatic rings. The molecule has 0 bridgehead atoms. The van der Waals surface area contributed by atoms with Gasteiger partial charge in [0.2, 0.25) is 0 Å². The Morgan fingerprint density at radius 1 is 1.35 bits per heavy atom. The lowest BCUT2D eigenvalue weighted by Gasteiger charge is -2.09. The highest BCUT2D eigenvalue weighted by molar-refractivity contribution is 5.40. The van der Waals surface area contributed by atoms with Crippen molar-refractivity contribution < 1.29 is 4.74 Å². The summed E-state index contributed by atoms with van der Waals surface area (Å²) >= 11 is 0. The van der Waals surface area contributed by atoms with E-state index in [1.54, 1.807) is 12.4 Å². The minimum Gasteiger partial charge on any atom is -0.455 e. The summed E-state index contributed by atoms with van der Waals surface area (Å²) < 4.78 is 5.72. The van der Waals surface area contributed by atoms with Crippen LogP contribution in [0.3, 0.4) is 0 Å². The third-order valence-electron chi connectivity index (χ3n) is 2.40. The number of rotatable bonds is 3. The minimum atomic E-state index is 0.393. The lowest BCUT2D eigenvalue weighted by Crippen LogP contribution is -1.90. The van der Waals surface area contributed by atoms with Gasteiger partial charge in [-0.2, -0.15) is 5.26 Å². The Morgan fingerprint density at radius 3 is 2.94 bits per heavy atom. The Labute approximate surface area is 100 Å². The van der Waals surface area contributed by atoms with Gasteiger partial charge in [0, 0.05) is 6.20 Å². The molecule has 0 amide bonds. The molecule has 3 heteroatoms. The molecule has 0 unspecified atom stereocenters. The number of pyridine rings is 1. The van der Waals surface area contributed by atoms with E-state index in [1.807, 2.05) is 37.3 Å². The maximum atomic E-state index is 8.67. The molecule has 0 fully saturated rings. The maximum absolute atomic E-state index is 8.67. The monoisotopic (exact) mass is 224 g/mol. The van der Waals surface area contributed by atoms with E-state index in [9.17, 15) is 0 Å². The van der Waals surface area contributed by atoms with Crippen LogP contribution in [0.4, 0.5) is 0 Å². The number of aryl methyl sites for hydroxylation is 1. The highest BCUT2D eigenvalue weighted by atomic mass is 16.5. The van der Waals surface area contributed by atoms with E-state index in [0.717, 1.165) is 16.9 Å². The van der Waals surface area contributed by atoms with Crippen molar-refractivity contribution in [2.75, 3.05) is 0 Å². The second kappa shape index (κ2) is 5.13. The van der Waals surface area contributed by atoms with Crippen LogP contribution in [0.15, 0.2) is 42.7 Å². The SMILES string of the molecule is Cc1ccc(CC#N)cc1Oc1cccnc1. The molecule has 0 aliphatic carbocycles. The zero-order valence-electron chi connectivity index (χ0n) is 9.55. The fourth-order valence-electron chi connectivity index (χ4n) is 1.49. The van der Waals surface area contributed by atoms with Crippen LogP contribution in [0, 0.1) is 18.3 Å². The molecule has 0 atom stereocenters. The first kappa shape index (κ1) is 11.2. The molecule has 0 saturated heterocycles. The molecule has 2 rings (SSSR count). The number of hydrogen-bond acceptors (Lipinski definition) is 3. The van der Waals surface area contributed by atoms with E-state index in [1.165, 1.54) is 0 Å². The highest BCUT2D eigenvalue weighted by Gasteiger charge is 2.03. The van der Waals surface area contributed by atoms with E-state index in [-0.39, 0.29) is 0 Å². The molecular formula is C14H12N2O. The summed E-state index contributed by atoms with van der Waals surface area (Å²) in [5.74, 6) is 1.47. The predicted molar refractivity (Wildman–Crippen MR) is 64.8 cm³/mol. The van der Waals surface area contributed by atoms with Crippen molar-refractivity contribution >= 4 is 0 Å². The number of nitriles is 1. The van der Waals surface area contributed by atoms with Crippen molar-refractivity contribution in [2.45, 2.75) is 13.3 Å². The lowest BCUT2D eigenvalue weighted by atomic mass is 10.1. The Balaban J connectivity index is 2.26. The first-order valence-corrected chi connectivity index (χ1v) is 5.34. The molecule has 1 aromatic carbocycles. The predicted octanol–water partition coefficient (Wildman–Crippen LogP) is 3.25. The number of aromatic nitrogens is 1. The van der Waals surface area contributed by atoms with Crippen LogP contribution in [0.1, 0.15) is 11.1 Å². The van der Waals surface area contributed by atoms with Crippen LogP contribution in [0.25, 0.3) is 0 Å². The molecule has 0 radical (unpaired) electrons. The molecule has 0 N–H and O–H groups in total. The van der Waals surface area contributed by atoms with Crippen LogP contribution in [-0.2, 0) is 6.42 Å². The number of benzene rings is 1. The smallest absolute Gasteiger partial charge is 0.145 e. The summed E-state index contributed by atoms with van der Waals surface area (Å²) in [6.07, 6.45) is 3.76. The first-order chi connectivity index (χ1) is 8.29. The van der Waals surface area contributed by atoms with Crippen molar-refractivity contribution in [1.29, 1.82) is 5.26 Å². The number of ether oxygens (including phenoxy) is 1. The first-order valence-electron chi connectivity index (χ1n) is 5.34.